The molecular formula is C14H11BrFNO3. The van der Waals surface area contributed by atoms with E-state index in [9.17, 15) is 19.1 Å². The summed E-state index contributed by atoms with van der Waals surface area (Å²) in [6, 6.07) is 7.25. The van der Waals surface area contributed by atoms with Crippen molar-refractivity contribution in [1.29, 1.82) is 0 Å². The monoisotopic (exact) mass is 339 g/mol. The molecule has 6 heteroatoms. The van der Waals surface area contributed by atoms with Crippen molar-refractivity contribution in [2.24, 2.45) is 0 Å². The van der Waals surface area contributed by atoms with Crippen LogP contribution in [0.4, 0.5) is 4.39 Å². The van der Waals surface area contributed by atoms with Gasteiger partial charge in [-0.1, -0.05) is 28.1 Å². The molecule has 104 valence electrons. The summed E-state index contributed by atoms with van der Waals surface area (Å²) in [5, 5.41) is 9.34. The second-order valence-electron chi connectivity index (χ2n) is 4.29. The number of carboxylic acid groups (broad SMARTS) is 1. The summed E-state index contributed by atoms with van der Waals surface area (Å²) < 4.78 is 13.6. The lowest BCUT2D eigenvalue weighted by atomic mass is 9.93. The number of H-pyrrole nitrogens is 1. The molecule has 1 heterocycles. The lowest BCUT2D eigenvalue weighted by Crippen LogP contribution is -2.24. The van der Waals surface area contributed by atoms with E-state index in [1.54, 1.807) is 12.1 Å². The fourth-order valence-corrected chi connectivity index (χ4v) is 2.59. The van der Waals surface area contributed by atoms with Crippen LogP contribution in [0.25, 0.3) is 0 Å². The fraction of sp³-hybridized carbons (Fsp3) is 0.143. The second kappa shape index (κ2) is 6.00. The van der Waals surface area contributed by atoms with Crippen LogP contribution in [-0.2, 0) is 11.2 Å². The Hall–Kier alpha value is -1.95. The molecule has 2 rings (SSSR count). The van der Waals surface area contributed by atoms with Crippen molar-refractivity contribution in [1.82, 2.24) is 4.98 Å². The maximum atomic E-state index is 13.2. The Kier molecular flexibility index (Phi) is 4.34. The SMILES string of the molecule is O=C(O)C(Cc1cccc(F)c1)c1c(Br)cc[nH]c1=O. The van der Waals surface area contributed by atoms with Gasteiger partial charge in [-0.2, -0.15) is 0 Å². The minimum absolute atomic E-state index is 0.0405. The normalized spacial score (nSPS) is 12.1. The highest BCUT2D eigenvalue weighted by Crippen LogP contribution is 2.25. The zero-order chi connectivity index (χ0) is 14.7. The number of aromatic nitrogens is 1. The quantitative estimate of drug-likeness (QED) is 0.899. The minimum Gasteiger partial charge on any atom is -0.481 e. The molecule has 2 N–H and O–H groups in total. The van der Waals surface area contributed by atoms with E-state index in [0.29, 0.717) is 10.0 Å². The van der Waals surface area contributed by atoms with Gasteiger partial charge in [-0.3, -0.25) is 9.59 Å². The van der Waals surface area contributed by atoms with Crippen LogP contribution in [0.1, 0.15) is 17.0 Å². The first kappa shape index (κ1) is 14.5. The van der Waals surface area contributed by atoms with Crippen molar-refractivity contribution >= 4 is 21.9 Å². The number of carbonyl (C=O) groups is 1. The number of benzene rings is 1. The molecule has 0 aliphatic rings. The van der Waals surface area contributed by atoms with Gasteiger partial charge < -0.3 is 10.1 Å². The van der Waals surface area contributed by atoms with Gasteiger partial charge in [0.05, 0.1) is 5.92 Å². The summed E-state index contributed by atoms with van der Waals surface area (Å²) in [6.07, 6.45) is 1.47. The lowest BCUT2D eigenvalue weighted by Gasteiger charge is -2.13. The van der Waals surface area contributed by atoms with Gasteiger partial charge in [0.25, 0.3) is 5.56 Å². The molecule has 1 aromatic carbocycles. The van der Waals surface area contributed by atoms with Gasteiger partial charge in [0.1, 0.15) is 5.82 Å². The van der Waals surface area contributed by atoms with Crippen LogP contribution in [0, 0.1) is 5.82 Å². The lowest BCUT2D eigenvalue weighted by molar-refractivity contribution is -0.138. The number of carboxylic acids is 1. The Labute approximate surface area is 122 Å². The van der Waals surface area contributed by atoms with E-state index < -0.39 is 23.3 Å². The predicted molar refractivity (Wildman–Crippen MR) is 75.2 cm³/mol. The number of halogens is 2. The molecule has 0 amide bonds. The predicted octanol–water partition coefficient (Wildman–Crippen LogP) is 2.69. The number of aromatic amines is 1. The number of hydrogen-bond acceptors (Lipinski definition) is 2. The Morgan fingerprint density at radius 2 is 2.15 bits per heavy atom. The van der Waals surface area contributed by atoms with Gasteiger partial charge in [-0.05, 0) is 30.2 Å². The highest BCUT2D eigenvalue weighted by Gasteiger charge is 2.25. The summed E-state index contributed by atoms with van der Waals surface area (Å²) in [6.45, 7) is 0. The standard InChI is InChI=1S/C14H11BrFNO3/c15-11-4-5-17-13(18)12(11)10(14(19)20)7-8-2-1-3-9(16)6-8/h1-6,10H,7H2,(H,17,18)(H,19,20). The smallest absolute Gasteiger partial charge is 0.311 e. The van der Waals surface area contributed by atoms with Gasteiger partial charge >= 0.3 is 5.97 Å². The summed E-state index contributed by atoms with van der Waals surface area (Å²) in [4.78, 5) is 25.7. The van der Waals surface area contributed by atoms with Crippen molar-refractivity contribution in [3.8, 4) is 0 Å². The maximum absolute atomic E-state index is 13.2. The van der Waals surface area contributed by atoms with Crippen LogP contribution in [0.3, 0.4) is 0 Å². The molecule has 0 radical (unpaired) electrons. The number of pyridine rings is 1. The summed E-state index contributed by atoms with van der Waals surface area (Å²) >= 11 is 3.19. The molecule has 0 saturated heterocycles. The highest BCUT2D eigenvalue weighted by atomic mass is 79.9. The largest absolute Gasteiger partial charge is 0.481 e. The molecule has 2 aromatic rings. The average Bonchev–Trinajstić information content (AvgIpc) is 2.37. The van der Waals surface area contributed by atoms with Crippen molar-refractivity contribution < 1.29 is 14.3 Å². The number of aliphatic carboxylic acids is 1. The van der Waals surface area contributed by atoms with Crippen molar-refractivity contribution in [2.45, 2.75) is 12.3 Å². The van der Waals surface area contributed by atoms with Crippen LogP contribution in [0.2, 0.25) is 0 Å². The van der Waals surface area contributed by atoms with E-state index in [2.05, 4.69) is 20.9 Å². The molecule has 0 spiro atoms. The summed E-state index contributed by atoms with van der Waals surface area (Å²) in [5.41, 5.74) is 0.181. The van der Waals surface area contributed by atoms with E-state index in [1.165, 1.54) is 24.4 Å². The topological polar surface area (TPSA) is 70.2 Å². The molecule has 0 aliphatic carbocycles. The zero-order valence-electron chi connectivity index (χ0n) is 10.3. The van der Waals surface area contributed by atoms with Gasteiger partial charge in [0, 0.05) is 16.2 Å². The Morgan fingerprint density at radius 1 is 1.40 bits per heavy atom. The number of nitrogens with one attached hydrogen (secondary N) is 1. The third-order valence-electron chi connectivity index (χ3n) is 2.92. The maximum Gasteiger partial charge on any atom is 0.311 e. The second-order valence-corrected chi connectivity index (χ2v) is 5.15. The first-order chi connectivity index (χ1) is 9.49. The van der Waals surface area contributed by atoms with Gasteiger partial charge in [0.2, 0.25) is 0 Å². The van der Waals surface area contributed by atoms with Gasteiger partial charge in [-0.25, -0.2) is 4.39 Å². The van der Waals surface area contributed by atoms with Gasteiger partial charge in [-0.15, -0.1) is 0 Å². The highest BCUT2D eigenvalue weighted by molar-refractivity contribution is 9.10. The van der Waals surface area contributed by atoms with Crippen LogP contribution in [0.15, 0.2) is 45.8 Å². The number of hydrogen-bond donors (Lipinski definition) is 2. The number of rotatable bonds is 4. The van der Waals surface area contributed by atoms with E-state index in [1.807, 2.05) is 0 Å². The molecule has 0 saturated carbocycles. The third-order valence-corrected chi connectivity index (χ3v) is 3.61. The van der Waals surface area contributed by atoms with Crippen LogP contribution in [-0.4, -0.2) is 16.1 Å². The third kappa shape index (κ3) is 3.14. The van der Waals surface area contributed by atoms with Crippen molar-refractivity contribution in [2.75, 3.05) is 0 Å². The zero-order valence-corrected chi connectivity index (χ0v) is 11.9. The Balaban J connectivity index is 2.43. The molecule has 4 nitrogen and oxygen atoms in total. The van der Waals surface area contributed by atoms with E-state index in [4.69, 9.17) is 0 Å². The summed E-state index contributed by atoms with van der Waals surface area (Å²) in [5.74, 6) is -2.62. The molecule has 1 unspecified atom stereocenters. The van der Waals surface area contributed by atoms with E-state index >= 15 is 0 Å². The molecular weight excluding hydrogens is 329 g/mol. The molecule has 0 fully saturated rings. The molecule has 1 atom stereocenters. The first-order valence-corrected chi connectivity index (χ1v) is 6.62. The molecule has 20 heavy (non-hydrogen) atoms. The van der Waals surface area contributed by atoms with Gasteiger partial charge in [0.15, 0.2) is 0 Å². The Morgan fingerprint density at radius 3 is 2.75 bits per heavy atom. The molecule has 0 aliphatic heterocycles. The average molecular weight is 340 g/mol. The Bertz CT molecular complexity index is 699. The van der Waals surface area contributed by atoms with E-state index in [-0.39, 0.29) is 12.0 Å². The minimum atomic E-state index is -1.13. The fourth-order valence-electron chi connectivity index (χ4n) is 2.00. The first-order valence-electron chi connectivity index (χ1n) is 5.83. The van der Waals surface area contributed by atoms with E-state index in [0.717, 1.165) is 0 Å². The molecule has 0 bridgehead atoms. The van der Waals surface area contributed by atoms with Crippen LogP contribution < -0.4 is 5.56 Å². The van der Waals surface area contributed by atoms with Crippen LogP contribution >= 0.6 is 15.9 Å². The van der Waals surface area contributed by atoms with Crippen molar-refractivity contribution in [3.05, 3.63) is 68.3 Å². The summed E-state index contributed by atoms with van der Waals surface area (Å²) in [7, 11) is 0. The van der Waals surface area contributed by atoms with Crippen LogP contribution in [0.5, 0.6) is 0 Å². The van der Waals surface area contributed by atoms with Crippen molar-refractivity contribution in [3.63, 3.8) is 0 Å². The molecule has 1 aromatic heterocycles.